The second kappa shape index (κ2) is 5.14. The van der Waals surface area contributed by atoms with Crippen molar-refractivity contribution in [3.63, 3.8) is 0 Å². The number of aromatic nitrogens is 2. The molecule has 0 atom stereocenters. The van der Waals surface area contributed by atoms with Crippen molar-refractivity contribution in [3.8, 4) is 5.88 Å². The van der Waals surface area contributed by atoms with Crippen molar-refractivity contribution < 1.29 is 4.74 Å². The summed E-state index contributed by atoms with van der Waals surface area (Å²) in [6.45, 7) is 5.77. The number of aryl methyl sites for hydroxylation is 1. The zero-order chi connectivity index (χ0) is 11.4. The summed E-state index contributed by atoms with van der Waals surface area (Å²) in [6.07, 6.45) is 3.43. The maximum absolute atomic E-state index is 5.67. The van der Waals surface area contributed by atoms with Gasteiger partial charge in [-0.25, -0.2) is 4.98 Å². The molecule has 88 valence electrons. The molecule has 1 aliphatic carbocycles. The van der Waals surface area contributed by atoms with Gasteiger partial charge in [-0.1, -0.05) is 6.92 Å². The lowest BCUT2D eigenvalue weighted by Gasteiger charge is -2.08. The summed E-state index contributed by atoms with van der Waals surface area (Å²) in [6, 6.07) is 1.88. The lowest BCUT2D eigenvalue weighted by atomic mass is 10.4. The first-order chi connectivity index (χ1) is 7.81. The lowest BCUT2D eigenvalue weighted by Crippen LogP contribution is -2.07. The normalized spacial score (nSPS) is 14.9. The number of ether oxygens (including phenoxy) is 1. The molecule has 1 aromatic rings. The Morgan fingerprint density at radius 3 is 2.81 bits per heavy atom. The summed E-state index contributed by atoms with van der Waals surface area (Å²) >= 11 is 0. The molecule has 4 nitrogen and oxygen atoms in total. The molecule has 0 unspecified atom stereocenters. The van der Waals surface area contributed by atoms with Crippen molar-refractivity contribution in [1.29, 1.82) is 0 Å². The van der Waals surface area contributed by atoms with Crippen molar-refractivity contribution in [2.45, 2.75) is 33.1 Å². The smallest absolute Gasteiger partial charge is 0.218 e. The second-order valence-corrected chi connectivity index (χ2v) is 4.15. The van der Waals surface area contributed by atoms with Crippen LogP contribution in [0, 0.1) is 5.92 Å². The second-order valence-electron chi connectivity index (χ2n) is 4.15. The number of hydrogen-bond acceptors (Lipinski definition) is 4. The van der Waals surface area contributed by atoms with E-state index in [2.05, 4.69) is 29.1 Å². The van der Waals surface area contributed by atoms with Gasteiger partial charge in [-0.2, -0.15) is 4.98 Å². The Labute approximate surface area is 96.4 Å². The highest BCUT2D eigenvalue weighted by Crippen LogP contribution is 2.29. The van der Waals surface area contributed by atoms with E-state index in [1.807, 2.05) is 6.07 Å². The monoisotopic (exact) mass is 221 g/mol. The van der Waals surface area contributed by atoms with Gasteiger partial charge in [-0.05, 0) is 25.7 Å². The van der Waals surface area contributed by atoms with Gasteiger partial charge in [-0.15, -0.1) is 0 Å². The van der Waals surface area contributed by atoms with Gasteiger partial charge < -0.3 is 10.1 Å². The molecule has 1 N–H and O–H groups in total. The van der Waals surface area contributed by atoms with Gasteiger partial charge in [0.25, 0.3) is 0 Å². The molecule has 4 heteroatoms. The van der Waals surface area contributed by atoms with E-state index < -0.39 is 0 Å². The minimum Gasteiger partial charge on any atom is -0.477 e. The Morgan fingerprint density at radius 2 is 2.19 bits per heavy atom. The minimum atomic E-state index is 0.703. The average molecular weight is 221 g/mol. The molecule has 0 aliphatic heterocycles. The van der Waals surface area contributed by atoms with E-state index in [0.717, 1.165) is 37.1 Å². The van der Waals surface area contributed by atoms with Gasteiger partial charge >= 0.3 is 0 Å². The molecule has 1 saturated carbocycles. The molecule has 0 amide bonds. The Kier molecular flexibility index (Phi) is 3.59. The molecule has 1 heterocycles. The van der Waals surface area contributed by atoms with Gasteiger partial charge in [0.15, 0.2) is 0 Å². The lowest BCUT2D eigenvalue weighted by molar-refractivity contribution is 0.287. The number of anilines is 1. The van der Waals surface area contributed by atoms with Crippen molar-refractivity contribution >= 4 is 5.82 Å². The molecule has 0 bridgehead atoms. The van der Waals surface area contributed by atoms with E-state index in [-0.39, 0.29) is 0 Å². The average Bonchev–Trinajstić information content (AvgIpc) is 3.10. The Morgan fingerprint density at radius 1 is 1.38 bits per heavy atom. The van der Waals surface area contributed by atoms with Gasteiger partial charge in [-0.3, -0.25) is 0 Å². The first kappa shape index (κ1) is 11.2. The van der Waals surface area contributed by atoms with E-state index in [4.69, 9.17) is 4.74 Å². The van der Waals surface area contributed by atoms with Gasteiger partial charge in [0.1, 0.15) is 11.6 Å². The minimum absolute atomic E-state index is 0.703. The fraction of sp³-hybridized carbons (Fsp3) is 0.667. The van der Waals surface area contributed by atoms with Crippen LogP contribution in [-0.4, -0.2) is 23.1 Å². The van der Waals surface area contributed by atoms with E-state index in [9.17, 15) is 0 Å². The van der Waals surface area contributed by atoms with Crippen LogP contribution >= 0.6 is 0 Å². The Balaban J connectivity index is 2.04. The zero-order valence-electron chi connectivity index (χ0n) is 9.99. The fourth-order valence-corrected chi connectivity index (χ4v) is 1.46. The molecule has 2 rings (SSSR count). The van der Waals surface area contributed by atoms with Crippen LogP contribution in [0.5, 0.6) is 5.88 Å². The van der Waals surface area contributed by atoms with Gasteiger partial charge in [0.05, 0.1) is 6.61 Å². The van der Waals surface area contributed by atoms with Crippen molar-refractivity contribution in [3.05, 3.63) is 11.9 Å². The van der Waals surface area contributed by atoms with E-state index >= 15 is 0 Å². The van der Waals surface area contributed by atoms with E-state index in [0.29, 0.717) is 5.88 Å². The molecule has 1 fully saturated rings. The molecule has 16 heavy (non-hydrogen) atoms. The van der Waals surface area contributed by atoms with E-state index in [1.165, 1.54) is 12.8 Å². The SMILES string of the molecule is CCNc1cc(OCC2CC2)nc(CC)n1. The first-order valence-corrected chi connectivity index (χ1v) is 6.06. The molecule has 0 aromatic carbocycles. The number of rotatable bonds is 6. The van der Waals surface area contributed by atoms with Crippen molar-refractivity contribution in [2.24, 2.45) is 5.92 Å². The largest absolute Gasteiger partial charge is 0.477 e. The summed E-state index contributed by atoms with van der Waals surface area (Å²) in [4.78, 5) is 8.74. The predicted molar refractivity (Wildman–Crippen MR) is 63.8 cm³/mol. The van der Waals surface area contributed by atoms with Crippen LogP contribution in [0.2, 0.25) is 0 Å². The first-order valence-electron chi connectivity index (χ1n) is 6.06. The Bertz CT molecular complexity index is 350. The predicted octanol–water partition coefficient (Wildman–Crippen LogP) is 2.26. The third-order valence-electron chi connectivity index (χ3n) is 2.59. The summed E-state index contributed by atoms with van der Waals surface area (Å²) in [5.74, 6) is 3.15. The molecule has 1 aliphatic rings. The van der Waals surface area contributed by atoms with Crippen molar-refractivity contribution in [1.82, 2.24) is 9.97 Å². The topological polar surface area (TPSA) is 47.0 Å². The molecular weight excluding hydrogens is 202 g/mol. The van der Waals surface area contributed by atoms with Crippen LogP contribution in [0.25, 0.3) is 0 Å². The van der Waals surface area contributed by atoms with Crippen LogP contribution in [-0.2, 0) is 6.42 Å². The highest BCUT2D eigenvalue weighted by Gasteiger charge is 2.22. The van der Waals surface area contributed by atoms with Crippen molar-refractivity contribution in [2.75, 3.05) is 18.5 Å². The van der Waals surface area contributed by atoms with Crippen LogP contribution in [0.1, 0.15) is 32.5 Å². The highest BCUT2D eigenvalue weighted by atomic mass is 16.5. The zero-order valence-corrected chi connectivity index (χ0v) is 9.99. The Hall–Kier alpha value is -1.32. The van der Waals surface area contributed by atoms with Crippen LogP contribution in [0.4, 0.5) is 5.82 Å². The summed E-state index contributed by atoms with van der Waals surface area (Å²) in [5.41, 5.74) is 0. The maximum Gasteiger partial charge on any atom is 0.218 e. The van der Waals surface area contributed by atoms with Crippen LogP contribution in [0.3, 0.4) is 0 Å². The van der Waals surface area contributed by atoms with Crippen LogP contribution < -0.4 is 10.1 Å². The molecule has 0 saturated heterocycles. The third-order valence-corrected chi connectivity index (χ3v) is 2.59. The standard InChI is InChI=1S/C12H19N3O/c1-3-10-14-11(13-4-2)7-12(15-10)16-8-9-5-6-9/h7,9H,3-6,8H2,1-2H3,(H,13,14,15). The highest BCUT2D eigenvalue weighted by molar-refractivity contribution is 5.38. The summed E-state index contributed by atoms with van der Waals surface area (Å²) in [5, 5.41) is 3.19. The summed E-state index contributed by atoms with van der Waals surface area (Å²) in [7, 11) is 0. The molecule has 0 spiro atoms. The van der Waals surface area contributed by atoms with E-state index in [1.54, 1.807) is 0 Å². The maximum atomic E-state index is 5.67. The summed E-state index contributed by atoms with van der Waals surface area (Å²) < 4.78 is 5.67. The molecule has 0 radical (unpaired) electrons. The number of nitrogens with zero attached hydrogens (tertiary/aromatic N) is 2. The quantitative estimate of drug-likeness (QED) is 0.800. The molecular formula is C12H19N3O. The molecule has 1 aromatic heterocycles. The third kappa shape index (κ3) is 3.08. The number of hydrogen-bond donors (Lipinski definition) is 1. The fourth-order valence-electron chi connectivity index (χ4n) is 1.46. The van der Waals surface area contributed by atoms with Crippen LogP contribution in [0.15, 0.2) is 6.07 Å². The van der Waals surface area contributed by atoms with Gasteiger partial charge in [0.2, 0.25) is 5.88 Å². The number of nitrogens with one attached hydrogen (secondary N) is 1. The van der Waals surface area contributed by atoms with Gasteiger partial charge in [0, 0.05) is 19.0 Å².